The van der Waals surface area contributed by atoms with Crippen LogP contribution in [0.4, 0.5) is 5.69 Å². The third-order valence-corrected chi connectivity index (χ3v) is 2.58. The summed E-state index contributed by atoms with van der Waals surface area (Å²) in [6.07, 6.45) is 1.92. The Morgan fingerprint density at radius 1 is 1.13 bits per heavy atom. The second-order valence-corrected chi connectivity index (χ2v) is 3.67. The molecule has 0 spiro atoms. The first kappa shape index (κ1) is 9.78. The fourth-order valence-corrected chi connectivity index (χ4v) is 1.83. The minimum absolute atomic E-state index is 0.869. The van der Waals surface area contributed by atoms with Gasteiger partial charge in [0.2, 0.25) is 0 Å². The summed E-state index contributed by atoms with van der Waals surface area (Å²) in [5.74, 6) is 0. The van der Waals surface area contributed by atoms with Gasteiger partial charge in [0.25, 0.3) is 0 Å². The van der Waals surface area contributed by atoms with Crippen molar-refractivity contribution in [2.45, 2.75) is 0 Å². The van der Waals surface area contributed by atoms with Crippen LogP contribution in [0.3, 0.4) is 0 Å². The monoisotopic (exact) mass is 197 g/mol. The van der Waals surface area contributed by atoms with E-state index in [0.717, 1.165) is 6.54 Å². The molecule has 0 aromatic heterocycles. The van der Waals surface area contributed by atoms with Gasteiger partial charge < -0.3 is 4.90 Å². The number of rotatable bonds is 3. The van der Waals surface area contributed by atoms with Crippen molar-refractivity contribution in [2.24, 2.45) is 0 Å². The van der Waals surface area contributed by atoms with Crippen molar-refractivity contribution >= 4 is 16.5 Å². The van der Waals surface area contributed by atoms with Gasteiger partial charge in [0.15, 0.2) is 0 Å². The molecule has 1 nitrogen and oxygen atoms in total. The molecule has 0 aliphatic rings. The summed E-state index contributed by atoms with van der Waals surface area (Å²) in [5, 5.41) is 2.58. The van der Waals surface area contributed by atoms with Crippen molar-refractivity contribution < 1.29 is 0 Å². The number of anilines is 1. The molecule has 0 bridgehead atoms. The lowest BCUT2D eigenvalue weighted by Crippen LogP contribution is -2.16. The molecule has 2 rings (SSSR count). The standard InChI is InChI=1S/C14H15N/c1-3-11-15(2)14-10-6-8-12-7-4-5-9-13(12)14/h3-10H,1,11H2,2H3. The van der Waals surface area contributed by atoms with Gasteiger partial charge >= 0.3 is 0 Å². The lowest BCUT2D eigenvalue weighted by atomic mass is 10.1. The minimum Gasteiger partial charge on any atom is -0.370 e. The predicted octanol–water partition coefficient (Wildman–Crippen LogP) is 3.46. The van der Waals surface area contributed by atoms with Crippen LogP contribution in [0, 0.1) is 0 Å². The van der Waals surface area contributed by atoms with Crippen molar-refractivity contribution in [1.82, 2.24) is 0 Å². The Bertz CT molecular complexity index is 468. The van der Waals surface area contributed by atoms with Crippen molar-refractivity contribution in [1.29, 1.82) is 0 Å². The van der Waals surface area contributed by atoms with Crippen LogP contribution in [0.2, 0.25) is 0 Å². The molecule has 0 saturated heterocycles. The number of benzene rings is 2. The SMILES string of the molecule is C=CCN(C)c1cccc2ccccc12. The smallest absolute Gasteiger partial charge is 0.0446 e. The first-order valence-electron chi connectivity index (χ1n) is 5.12. The summed E-state index contributed by atoms with van der Waals surface area (Å²) >= 11 is 0. The molecule has 0 N–H and O–H groups in total. The molecular formula is C14H15N. The van der Waals surface area contributed by atoms with Crippen molar-refractivity contribution in [3.05, 3.63) is 55.1 Å². The lowest BCUT2D eigenvalue weighted by Gasteiger charge is -2.19. The molecule has 0 heterocycles. The molecule has 0 aliphatic heterocycles. The van der Waals surface area contributed by atoms with Gasteiger partial charge in [-0.05, 0) is 11.5 Å². The Labute approximate surface area is 90.6 Å². The summed E-state index contributed by atoms with van der Waals surface area (Å²) in [6, 6.07) is 14.8. The maximum atomic E-state index is 3.76. The van der Waals surface area contributed by atoms with Gasteiger partial charge in [-0.2, -0.15) is 0 Å². The summed E-state index contributed by atoms with van der Waals surface area (Å²) < 4.78 is 0. The fourth-order valence-electron chi connectivity index (χ4n) is 1.83. The molecule has 0 radical (unpaired) electrons. The van der Waals surface area contributed by atoms with Gasteiger partial charge in [0, 0.05) is 24.7 Å². The zero-order valence-corrected chi connectivity index (χ0v) is 8.98. The number of likely N-dealkylation sites (N-methyl/N-ethyl adjacent to an activating group) is 1. The molecular weight excluding hydrogens is 182 g/mol. The van der Waals surface area contributed by atoms with E-state index >= 15 is 0 Å². The summed E-state index contributed by atoms with van der Waals surface area (Å²) in [7, 11) is 2.09. The molecule has 15 heavy (non-hydrogen) atoms. The zero-order chi connectivity index (χ0) is 10.7. The van der Waals surface area contributed by atoms with E-state index < -0.39 is 0 Å². The van der Waals surface area contributed by atoms with Gasteiger partial charge in [-0.15, -0.1) is 6.58 Å². The minimum atomic E-state index is 0.869. The molecule has 2 aromatic carbocycles. The molecule has 0 fully saturated rings. The normalized spacial score (nSPS) is 10.2. The topological polar surface area (TPSA) is 3.24 Å². The van der Waals surface area contributed by atoms with Crippen LogP contribution in [-0.2, 0) is 0 Å². The van der Waals surface area contributed by atoms with Crippen LogP contribution in [0.25, 0.3) is 10.8 Å². The highest BCUT2D eigenvalue weighted by atomic mass is 15.1. The Kier molecular flexibility index (Phi) is 2.72. The van der Waals surface area contributed by atoms with Crippen LogP contribution in [0.5, 0.6) is 0 Å². The van der Waals surface area contributed by atoms with Gasteiger partial charge in [-0.25, -0.2) is 0 Å². The Morgan fingerprint density at radius 3 is 2.67 bits per heavy atom. The van der Waals surface area contributed by atoms with Gasteiger partial charge in [0.05, 0.1) is 0 Å². The van der Waals surface area contributed by atoms with E-state index in [9.17, 15) is 0 Å². The number of hydrogen-bond acceptors (Lipinski definition) is 1. The van der Waals surface area contributed by atoms with E-state index in [1.54, 1.807) is 0 Å². The Balaban J connectivity index is 2.55. The average molecular weight is 197 g/mol. The molecule has 0 aliphatic carbocycles. The molecule has 0 amide bonds. The van der Waals surface area contributed by atoms with Crippen molar-refractivity contribution in [2.75, 3.05) is 18.5 Å². The third kappa shape index (κ3) is 1.86. The first-order chi connectivity index (χ1) is 7.33. The van der Waals surface area contributed by atoms with Crippen LogP contribution in [0.1, 0.15) is 0 Å². The summed E-state index contributed by atoms with van der Waals surface area (Å²) in [6.45, 7) is 4.63. The largest absolute Gasteiger partial charge is 0.370 e. The lowest BCUT2D eigenvalue weighted by molar-refractivity contribution is 1.04. The van der Waals surface area contributed by atoms with Gasteiger partial charge in [-0.1, -0.05) is 42.5 Å². The Morgan fingerprint density at radius 2 is 1.87 bits per heavy atom. The maximum Gasteiger partial charge on any atom is 0.0446 e. The highest BCUT2D eigenvalue weighted by Gasteiger charge is 2.02. The quantitative estimate of drug-likeness (QED) is 0.681. The average Bonchev–Trinajstić information content (AvgIpc) is 2.28. The van der Waals surface area contributed by atoms with Gasteiger partial charge in [-0.3, -0.25) is 0 Å². The van der Waals surface area contributed by atoms with Gasteiger partial charge in [0.1, 0.15) is 0 Å². The fraction of sp³-hybridized carbons (Fsp3) is 0.143. The van der Waals surface area contributed by atoms with Crippen LogP contribution < -0.4 is 4.90 Å². The molecule has 0 atom stereocenters. The van der Waals surface area contributed by atoms with E-state index in [2.05, 4.69) is 61.0 Å². The summed E-state index contributed by atoms with van der Waals surface area (Å²) in [5.41, 5.74) is 1.26. The van der Waals surface area contributed by atoms with E-state index in [1.807, 2.05) is 6.08 Å². The highest BCUT2D eigenvalue weighted by molar-refractivity contribution is 5.94. The van der Waals surface area contributed by atoms with Crippen LogP contribution >= 0.6 is 0 Å². The zero-order valence-electron chi connectivity index (χ0n) is 8.98. The second kappa shape index (κ2) is 4.18. The second-order valence-electron chi connectivity index (χ2n) is 3.67. The number of nitrogens with zero attached hydrogens (tertiary/aromatic N) is 1. The first-order valence-corrected chi connectivity index (χ1v) is 5.12. The Hall–Kier alpha value is -1.76. The molecule has 2 aromatic rings. The molecule has 0 unspecified atom stereocenters. The van der Waals surface area contributed by atoms with Crippen LogP contribution in [-0.4, -0.2) is 13.6 Å². The number of fused-ring (bicyclic) bond motifs is 1. The van der Waals surface area contributed by atoms with E-state index in [0.29, 0.717) is 0 Å². The van der Waals surface area contributed by atoms with E-state index in [-0.39, 0.29) is 0 Å². The molecule has 1 heteroatoms. The van der Waals surface area contributed by atoms with E-state index in [1.165, 1.54) is 16.5 Å². The van der Waals surface area contributed by atoms with Crippen molar-refractivity contribution in [3.8, 4) is 0 Å². The third-order valence-electron chi connectivity index (χ3n) is 2.58. The predicted molar refractivity (Wildman–Crippen MR) is 67.4 cm³/mol. The number of hydrogen-bond donors (Lipinski definition) is 0. The van der Waals surface area contributed by atoms with Crippen molar-refractivity contribution in [3.63, 3.8) is 0 Å². The highest BCUT2D eigenvalue weighted by Crippen LogP contribution is 2.25. The van der Waals surface area contributed by atoms with E-state index in [4.69, 9.17) is 0 Å². The molecule has 0 saturated carbocycles. The van der Waals surface area contributed by atoms with Crippen LogP contribution in [0.15, 0.2) is 55.1 Å². The maximum absolute atomic E-state index is 3.76. The summed E-state index contributed by atoms with van der Waals surface area (Å²) in [4.78, 5) is 2.20. The molecule has 76 valence electrons.